The number of amides is 1. The predicted molar refractivity (Wildman–Crippen MR) is 130 cm³/mol. The van der Waals surface area contributed by atoms with Crippen molar-refractivity contribution in [3.05, 3.63) is 39.4 Å². The zero-order valence-corrected chi connectivity index (χ0v) is 20.7. The average molecular weight is 502 g/mol. The minimum atomic E-state index is -0.779. The van der Waals surface area contributed by atoms with E-state index in [1.165, 1.54) is 5.56 Å². The van der Waals surface area contributed by atoms with E-state index in [1.54, 1.807) is 17.0 Å². The van der Waals surface area contributed by atoms with Crippen molar-refractivity contribution in [3.8, 4) is 5.75 Å². The number of rotatable bonds is 6. The van der Waals surface area contributed by atoms with Crippen molar-refractivity contribution in [2.24, 2.45) is 28.3 Å². The van der Waals surface area contributed by atoms with E-state index in [2.05, 4.69) is 16.9 Å². The lowest BCUT2D eigenvalue weighted by Gasteiger charge is -2.50. The molecule has 2 N–H and O–H groups in total. The van der Waals surface area contributed by atoms with Gasteiger partial charge in [-0.25, -0.2) is 0 Å². The summed E-state index contributed by atoms with van der Waals surface area (Å²) in [6, 6.07) is 5.45. The molecule has 3 aliphatic carbocycles. The second-order valence-corrected chi connectivity index (χ2v) is 11.1. The van der Waals surface area contributed by atoms with Gasteiger partial charge in [0.15, 0.2) is 6.61 Å². The fraction of sp³-hybridized carbons (Fsp3) is 0.692. The molecule has 1 heterocycles. The second-order valence-electron chi connectivity index (χ2n) is 11.1. The third kappa shape index (κ3) is 4.63. The Kier molecular flexibility index (Phi) is 6.80. The molecule has 1 amide bonds. The van der Waals surface area contributed by atoms with Crippen LogP contribution in [0.1, 0.15) is 68.9 Å². The molecule has 3 fully saturated rings. The lowest BCUT2D eigenvalue weighted by atomic mass is 9.55. The number of benzene rings is 1. The summed E-state index contributed by atoms with van der Waals surface area (Å²) in [5, 5.41) is 34.9. The standard InChI is InChI=1S/C26H35N3O7/c1-26-9-6-19-18-3-2-17(30)12-21(18)23(13-20(19)22(26)4-5-24(26)31)27-35-15-25(32)28-10-7-16(8-11-28)14-36-29(33)34/h2-3,12,16,19-20,22,24,30-31H,4-11,13-15H2,1H3/b27-23+/t19-,20-,22+,24+,26+/m1/s1. The highest BCUT2D eigenvalue weighted by molar-refractivity contribution is 6.03. The SMILES string of the molecule is C[C@]12CC[C@@H]3c4ccc(O)cc4/C(=N/OCC(=O)N4CCC(CO[N+](=O)[O-])CC4)C[C@H]3[C@@H]1CC[C@@H]2O. The first kappa shape index (κ1) is 24.8. The van der Waals surface area contributed by atoms with Crippen molar-refractivity contribution in [3.63, 3.8) is 0 Å². The van der Waals surface area contributed by atoms with Crippen molar-refractivity contribution < 1.29 is 29.8 Å². The van der Waals surface area contributed by atoms with E-state index in [0.29, 0.717) is 50.1 Å². The molecule has 0 unspecified atom stereocenters. The van der Waals surface area contributed by atoms with E-state index in [1.807, 2.05) is 6.07 Å². The Morgan fingerprint density at radius 1 is 1.25 bits per heavy atom. The van der Waals surface area contributed by atoms with Gasteiger partial charge in [-0.3, -0.25) is 4.79 Å². The van der Waals surface area contributed by atoms with Gasteiger partial charge in [0.2, 0.25) is 0 Å². The van der Waals surface area contributed by atoms with Gasteiger partial charge in [0.25, 0.3) is 11.0 Å². The van der Waals surface area contributed by atoms with Crippen molar-refractivity contribution >= 4 is 11.6 Å². The molecule has 10 heteroatoms. The number of piperidine rings is 1. The Hall–Kier alpha value is -2.88. The van der Waals surface area contributed by atoms with E-state index in [4.69, 9.17) is 4.84 Å². The number of carbonyl (C=O) groups excluding carboxylic acids is 1. The molecule has 5 atom stereocenters. The number of aliphatic hydroxyl groups excluding tert-OH is 1. The first-order valence-corrected chi connectivity index (χ1v) is 13.0. The van der Waals surface area contributed by atoms with E-state index in [0.717, 1.165) is 37.0 Å². The normalized spacial score (nSPS) is 32.9. The lowest BCUT2D eigenvalue weighted by molar-refractivity contribution is -0.759. The largest absolute Gasteiger partial charge is 0.508 e. The fourth-order valence-electron chi connectivity index (χ4n) is 7.24. The molecule has 5 rings (SSSR count). The Bertz CT molecular complexity index is 1040. The van der Waals surface area contributed by atoms with Crippen LogP contribution < -0.4 is 0 Å². The van der Waals surface area contributed by atoms with E-state index in [9.17, 15) is 25.1 Å². The Morgan fingerprint density at radius 3 is 2.78 bits per heavy atom. The molecule has 2 saturated carbocycles. The van der Waals surface area contributed by atoms with Gasteiger partial charge in [0, 0.05) is 18.7 Å². The summed E-state index contributed by atoms with van der Waals surface area (Å²) in [4.78, 5) is 34.8. The van der Waals surface area contributed by atoms with E-state index < -0.39 is 5.09 Å². The van der Waals surface area contributed by atoms with Crippen LogP contribution in [0.2, 0.25) is 0 Å². The number of aromatic hydroxyl groups is 1. The van der Waals surface area contributed by atoms with Crippen molar-refractivity contribution in [1.29, 1.82) is 0 Å². The lowest BCUT2D eigenvalue weighted by Crippen LogP contribution is -2.45. The summed E-state index contributed by atoms with van der Waals surface area (Å²) in [6.45, 7) is 3.12. The number of phenolic OH excluding ortho intramolecular Hbond substituents is 1. The molecule has 1 saturated heterocycles. The number of aliphatic hydroxyl groups is 1. The van der Waals surface area contributed by atoms with Crippen LogP contribution in [0, 0.1) is 33.3 Å². The van der Waals surface area contributed by atoms with Gasteiger partial charge in [-0.1, -0.05) is 18.1 Å². The first-order valence-electron chi connectivity index (χ1n) is 13.0. The van der Waals surface area contributed by atoms with E-state index in [-0.39, 0.29) is 42.3 Å². The number of carbonyl (C=O) groups is 1. The minimum absolute atomic E-state index is 0.0602. The van der Waals surface area contributed by atoms with Crippen molar-refractivity contribution in [2.75, 3.05) is 26.3 Å². The number of nitrogens with zero attached hydrogens (tertiary/aromatic N) is 3. The molecule has 196 valence electrons. The van der Waals surface area contributed by atoms with Crippen LogP contribution in [-0.2, 0) is 14.5 Å². The van der Waals surface area contributed by atoms with Crippen LogP contribution >= 0.6 is 0 Å². The average Bonchev–Trinajstić information content (AvgIpc) is 3.17. The van der Waals surface area contributed by atoms with Gasteiger partial charge >= 0.3 is 0 Å². The monoisotopic (exact) mass is 501 g/mol. The van der Waals surface area contributed by atoms with Crippen LogP contribution in [-0.4, -0.2) is 64.2 Å². The third-order valence-electron chi connectivity index (χ3n) is 9.31. The number of phenols is 1. The number of oxime groups is 1. The number of hydrogen-bond donors (Lipinski definition) is 2. The van der Waals surface area contributed by atoms with Crippen LogP contribution in [0.5, 0.6) is 5.75 Å². The van der Waals surface area contributed by atoms with Gasteiger partial charge in [-0.05, 0) is 91.7 Å². The summed E-state index contributed by atoms with van der Waals surface area (Å²) < 4.78 is 0. The molecule has 0 aromatic heterocycles. The van der Waals surface area contributed by atoms with Crippen molar-refractivity contribution in [2.45, 2.75) is 63.9 Å². The summed E-state index contributed by atoms with van der Waals surface area (Å²) in [6.07, 6.45) is 5.56. The molecular weight excluding hydrogens is 466 g/mol. The molecule has 36 heavy (non-hydrogen) atoms. The maximum absolute atomic E-state index is 12.7. The van der Waals surface area contributed by atoms with Crippen LogP contribution in [0.3, 0.4) is 0 Å². The first-order chi connectivity index (χ1) is 17.3. The molecule has 0 radical (unpaired) electrons. The quantitative estimate of drug-likeness (QED) is 0.451. The molecule has 4 aliphatic rings. The van der Waals surface area contributed by atoms with Crippen LogP contribution in [0.15, 0.2) is 23.4 Å². The molecule has 1 aromatic carbocycles. The fourth-order valence-corrected chi connectivity index (χ4v) is 7.24. The topological polar surface area (TPSA) is 135 Å². The summed E-state index contributed by atoms with van der Waals surface area (Å²) in [5.41, 5.74) is 2.72. The Balaban J connectivity index is 1.25. The maximum atomic E-state index is 12.7. The maximum Gasteiger partial charge on any atom is 0.294 e. The molecular formula is C26H35N3O7. The zero-order valence-electron chi connectivity index (χ0n) is 20.7. The van der Waals surface area contributed by atoms with Gasteiger partial charge in [-0.2, -0.15) is 0 Å². The van der Waals surface area contributed by atoms with Gasteiger partial charge < -0.3 is 24.8 Å². The van der Waals surface area contributed by atoms with Gasteiger partial charge in [0.05, 0.1) is 18.4 Å². The van der Waals surface area contributed by atoms with Gasteiger partial charge in [-0.15, -0.1) is 10.1 Å². The van der Waals surface area contributed by atoms with E-state index >= 15 is 0 Å². The highest BCUT2D eigenvalue weighted by atomic mass is 16.9. The molecule has 1 aromatic rings. The van der Waals surface area contributed by atoms with Crippen LogP contribution in [0.4, 0.5) is 0 Å². The number of fused-ring (bicyclic) bond motifs is 5. The highest BCUT2D eigenvalue weighted by Crippen LogP contribution is 2.61. The Morgan fingerprint density at radius 2 is 2.03 bits per heavy atom. The van der Waals surface area contributed by atoms with Crippen molar-refractivity contribution in [1.82, 2.24) is 4.90 Å². The van der Waals surface area contributed by atoms with Crippen LogP contribution in [0.25, 0.3) is 0 Å². The molecule has 0 spiro atoms. The molecule has 10 nitrogen and oxygen atoms in total. The molecule has 0 bridgehead atoms. The highest BCUT2D eigenvalue weighted by Gasteiger charge is 2.55. The number of likely N-dealkylation sites (tertiary alicyclic amines) is 1. The number of hydrogen-bond acceptors (Lipinski definition) is 8. The zero-order chi connectivity index (χ0) is 25.4. The smallest absolute Gasteiger partial charge is 0.294 e. The van der Waals surface area contributed by atoms with Gasteiger partial charge in [0.1, 0.15) is 5.75 Å². The molecule has 1 aliphatic heterocycles. The predicted octanol–water partition coefficient (Wildman–Crippen LogP) is 3.23. The summed E-state index contributed by atoms with van der Waals surface area (Å²) in [5.74, 6) is 1.19. The minimum Gasteiger partial charge on any atom is -0.508 e. The Labute approximate surface area is 210 Å². The summed E-state index contributed by atoms with van der Waals surface area (Å²) in [7, 11) is 0. The third-order valence-corrected chi connectivity index (χ3v) is 9.31. The second kappa shape index (κ2) is 9.88. The summed E-state index contributed by atoms with van der Waals surface area (Å²) >= 11 is 0.